The van der Waals surface area contributed by atoms with Gasteiger partial charge in [0.05, 0.1) is 5.69 Å². The average Bonchev–Trinajstić information content (AvgIpc) is 2.87. The largest absolute Gasteiger partial charge is 0.329 e. The van der Waals surface area contributed by atoms with Gasteiger partial charge in [-0.3, -0.25) is 9.69 Å². The molecule has 0 spiro atoms. The quantitative estimate of drug-likeness (QED) is 0.841. The Kier molecular flexibility index (Phi) is 4.09. The van der Waals surface area contributed by atoms with E-state index in [4.69, 9.17) is 5.73 Å². The van der Waals surface area contributed by atoms with Crippen LogP contribution in [-0.4, -0.2) is 34.9 Å². The fourth-order valence-corrected chi connectivity index (χ4v) is 2.91. The summed E-state index contributed by atoms with van der Waals surface area (Å²) in [6.45, 7) is 4.13. The van der Waals surface area contributed by atoms with E-state index in [0.29, 0.717) is 17.7 Å². The maximum Gasteiger partial charge on any atom is 0.223 e. The van der Waals surface area contributed by atoms with Gasteiger partial charge in [-0.15, -0.1) is 11.3 Å². The van der Waals surface area contributed by atoms with E-state index in [1.165, 1.54) is 31.1 Å². The van der Waals surface area contributed by atoms with E-state index >= 15 is 0 Å². The van der Waals surface area contributed by atoms with Crippen LogP contribution in [0, 0.1) is 0 Å². The van der Waals surface area contributed by atoms with Crippen LogP contribution in [0.5, 0.6) is 0 Å². The molecule has 6 heteroatoms. The maximum atomic E-state index is 10.9. The summed E-state index contributed by atoms with van der Waals surface area (Å²) in [7, 11) is 0. The number of amides is 1. The standard InChI is InChI=1S/C11H18N4OS/c1-8(16)13-11-14-9(7-17-11)6-15-4-2-3-10(15)5-12/h7,10H,2-6,12H2,1H3,(H,13,14,16). The van der Waals surface area contributed by atoms with Crippen molar-refractivity contribution in [2.45, 2.75) is 32.4 Å². The van der Waals surface area contributed by atoms with Crippen molar-refractivity contribution >= 4 is 22.4 Å². The average molecular weight is 254 g/mol. The number of likely N-dealkylation sites (tertiary alicyclic amines) is 1. The lowest BCUT2D eigenvalue weighted by Gasteiger charge is -2.21. The Balaban J connectivity index is 1.94. The first-order chi connectivity index (χ1) is 8.19. The van der Waals surface area contributed by atoms with E-state index < -0.39 is 0 Å². The van der Waals surface area contributed by atoms with Crippen LogP contribution in [0.3, 0.4) is 0 Å². The van der Waals surface area contributed by atoms with Gasteiger partial charge in [-0.1, -0.05) is 0 Å². The lowest BCUT2D eigenvalue weighted by molar-refractivity contribution is -0.114. The van der Waals surface area contributed by atoms with Crippen molar-refractivity contribution in [3.63, 3.8) is 0 Å². The Morgan fingerprint density at radius 3 is 3.29 bits per heavy atom. The van der Waals surface area contributed by atoms with Crippen molar-refractivity contribution in [3.8, 4) is 0 Å². The van der Waals surface area contributed by atoms with Gasteiger partial charge in [-0.05, 0) is 19.4 Å². The Bertz CT molecular complexity index is 393. The second-order valence-corrected chi connectivity index (χ2v) is 5.19. The molecule has 1 aliphatic heterocycles. The second-order valence-electron chi connectivity index (χ2n) is 4.33. The SMILES string of the molecule is CC(=O)Nc1nc(CN2CCCC2CN)cs1. The van der Waals surface area contributed by atoms with Gasteiger partial charge < -0.3 is 11.1 Å². The Morgan fingerprint density at radius 1 is 1.76 bits per heavy atom. The van der Waals surface area contributed by atoms with Crippen LogP contribution >= 0.6 is 11.3 Å². The van der Waals surface area contributed by atoms with Gasteiger partial charge in [0, 0.05) is 31.4 Å². The van der Waals surface area contributed by atoms with Crippen molar-refractivity contribution < 1.29 is 4.79 Å². The Morgan fingerprint density at radius 2 is 2.59 bits per heavy atom. The minimum Gasteiger partial charge on any atom is -0.329 e. The van der Waals surface area contributed by atoms with Gasteiger partial charge in [0.25, 0.3) is 0 Å². The molecule has 1 aromatic rings. The lowest BCUT2D eigenvalue weighted by atomic mass is 10.2. The molecule has 0 bridgehead atoms. The highest BCUT2D eigenvalue weighted by atomic mass is 32.1. The van der Waals surface area contributed by atoms with E-state index in [-0.39, 0.29) is 5.91 Å². The van der Waals surface area contributed by atoms with E-state index in [9.17, 15) is 4.79 Å². The molecule has 0 saturated carbocycles. The minimum absolute atomic E-state index is 0.0769. The summed E-state index contributed by atoms with van der Waals surface area (Å²) < 4.78 is 0. The van der Waals surface area contributed by atoms with Crippen LogP contribution < -0.4 is 11.1 Å². The molecular weight excluding hydrogens is 236 g/mol. The Hall–Kier alpha value is -0.980. The third kappa shape index (κ3) is 3.24. The highest BCUT2D eigenvalue weighted by molar-refractivity contribution is 7.13. The highest BCUT2D eigenvalue weighted by Gasteiger charge is 2.23. The zero-order chi connectivity index (χ0) is 12.3. The molecule has 1 atom stereocenters. The molecule has 1 aliphatic rings. The molecular formula is C11H18N4OS. The predicted octanol–water partition coefficient (Wildman–Crippen LogP) is 1.02. The van der Waals surface area contributed by atoms with Crippen molar-refractivity contribution in [3.05, 3.63) is 11.1 Å². The summed E-state index contributed by atoms with van der Waals surface area (Å²) in [5.74, 6) is -0.0769. The fourth-order valence-electron chi connectivity index (χ4n) is 2.17. The van der Waals surface area contributed by atoms with Crippen molar-refractivity contribution in [1.29, 1.82) is 0 Å². The summed E-state index contributed by atoms with van der Waals surface area (Å²) >= 11 is 1.47. The molecule has 3 N–H and O–H groups in total. The maximum absolute atomic E-state index is 10.9. The summed E-state index contributed by atoms with van der Waals surface area (Å²) in [5, 5.41) is 5.37. The smallest absolute Gasteiger partial charge is 0.223 e. The molecule has 0 radical (unpaired) electrons. The zero-order valence-corrected chi connectivity index (χ0v) is 10.8. The van der Waals surface area contributed by atoms with Crippen LogP contribution in [0.15, 0.2) is 5.38 Å². The van der Waals surface area contributed by atoms with Gasteiger partial charge in [0.1, 0.15) is 0 Å². The van der Waals surface area contributed by atoms with Crippen LogP contribution in [0.4, 0.5) is 5.13 Å². The van der Waals surface area contributed by atoms with Crippen molar-refractivity contribution in [2.75, 3.05) is 18.4 Å². The molecule has 17 heavy (non-hydrogen) atoms. The number of thiazole rings is 1. The minimum atomic E-state index is -0.0769. The molecule has 1 unspecified atom stereocenters. The third-order valence-corrected chi connectivity index (χ3v) is 3.78. The highest BCUT2D eigenvalue weighted by Crippen LogP contribution is 2.21. The fraction of sp³-hybridized carbons (Fsp3) is 0.636. The van der Waals surface area contributed by atoms with Crippen LogP contribution in [-0.2, 0) is 11.3 Å². The number of anilines is 1. The third-order valence-electron chi connectivity index (χ3n) is 2.97. The zero-order valence-electron chi connectivity index (χ0n) is 9.98. The number of nitrogens with two attached hydrogens (primary N) is 1. The molecule has 1 amide bonds. The van der Waals surface area contributed by atoms with E-state index in [2.05, 4.69) is 15.2 Å². The number of carbonyl (C=O) groups excluding carboxylic acids is 1. The van der Waals surface area contributed by atoms with E-state index in [1.807, 2.05) is 5.38 Å². The summed E-state index contributed by atoms with van der Waals surface area (Å²) in [5.41, 5.74) is 6.75. The van der Waals surface area contributed by atoms with Crippen LogP contribution in [0.1, 0.15) is 25.5 Å². The molecule has 0 aliphatic carbocycles. The molecule has 1 fully saturated rings. The Labute approximate surface area is 105 Å². The first kappa shape index (κ1) is 12.5. The van der Waals surface area contributed by atoms with Gasteiger partial charge in [-0.25, -0.2) is 4.98 Å². The molecule has 0 aromatic carbocycles. The molecule has 2 heterocycles. The van der Waals surface area contributed by atoms with Crippen molar-refractivity contribution in [2.24, 2.45) is 5.73 Å². The topological polar surface area (TPSA) is 71.2 Å². The molecule has 1 saturated heterocycles. The van der Waals surface area contributed by atoms with Gasteiger partial charge in [-0.2, -0.15) is 0 Å². The van der Waals surface area contributed by atoms with Gasteiger partial charge in [0.15, 0.2) is 5.13 Å². The molecule has 2 rings (SSSR count). The second kappa shape index (κ2) is 5.57. The number of hydrogen-bond acceptors (Lipinski definition) is 5. The predicted molar refractivity (Wildman–Crippen MR) is 68.9 cm³/mol. The normalized spacial score (nSPS) is 20.7. The van der Waals surface area contributed by atoms with Crippen LogP contribution in [0.25, 0.3) is 0 Å². The number of nitrogens with one attached hydrogen (secondary N) is 1. The van der Waals surface area contributed by atoms with Gasteiger partial charge >= 0.3 is 0 Å². The monoisotopic (exact) mass is 254 g/mol. The van der Waals surface area contributed by atoms with Gasteiger partial charge in [0.2, 0.25) is 5.91 Å². The first-order valence-corrected chi connectivity index (χ1v) is 6.73. The lowest BCUT2D eigenvalue weighted by Crippen LogP contribution is -2.34. The molecule has 94 valence electrons. The number of nitrogens with zero attached hydrogens (tertiary/aromatic N) is 2. The number of hydrogen-bond donors (Lipinski definition) is 2. The number of carbonyl (C=O) groups is 1. The number of aromatic nitrogens is 1. The van der Waals surface area contributed by atoms with Crippen molar-refractivity contribution in [1.82, 2.24) is 9.88 Å². The first-order valence-electron chi connectivity index (χ1n) is 5.85. The number of rotatable bonds is 4. The summed E-state index contributed by atoms with van der Waals surface area (Å²) in [6.07, 6.45) is 2.39. The van der Waals surface area contributed by atoms with Crippen LogP contribution in [0.2, 0.25) is 0 Å². The summed E-state index contributed by atoms with van der Waals surface area (Å²) in [6, 6.07) is 0.487. The molecule has 5 nitrogen and oxygen atoms in total. The summed E-state index contributed by atoms with van der Waals surface area (Å²) in [4.78, 5) is 17.6. The van der Waals surface area contributed by atoms with E-state index in [1.54, 1.807) is 0 Å². The van der Waals surface area contributed by atoms with E-state index in [0.717, 1.165) is 18.8 Å². The molecule has 1 aromatic heterocycles.